The van der Waals surface area contributed by atoms with Crippen LogP contribution in [0.4, 0.5) is 14.6 Å². The molecule has 0 aliphatic carbocycles. The fraction of sp³-hybridized carbons (Fsp3) is 0.0909. The van der Waals surface area contributed by atoms with Gasteiger partial charge < -0.3 is 5.11 Å². The number of aryl methyl sites for hydroxylation is 1. The number of hydrogen-bond acceptors (Lipinski definition) is 4. The number of carboxylic acids is 1. The van der Waals surface area contributed by atoms with Gasteiger partial charge in [-0.2, -0.15) is 5.10 Å². The predicted octanol–water partition coefficient (Wildman–Crippen LogP) is 1.20. The molecule has 0 aliphatic heterocycles. The SMILES string of the molecule is Cn1ncc(C(=O)O)c1NS(=O)(=O)c1cc(F)cc(F)c1. The maximum absolute atomic E-state index is 13.1. The van der Waals surface area contributed by atoms with Crippen molar-refractivity contribution in [1.29, 1.82) is 0 Å². The molecule has 1 aromatic carbocycles. The molecule has 112 valence electrons. The van der Waals surface area contributed by atoms with E-state index in [1.807, 2.05) is 4.72 Å². The number of anilines is 1. The molecule has 0 spiro atoms. The fourth-order valence-electron chi connectivity index (χ4n) is 1.58. The minimum Gasteiger partial charge on any atom is -0.477 e. The van der Waals surface area contributed by atoms with Gasteiger partial charge in [-0.3, -0.25) is 9.40 Å². The van der Waals surface area contributed by atoms with Gasteiger partial charge >= 0.3 is 5.97 Å². The molecule has 0 radical (unpaired) electrons. The Morgan fingerprint density at radius 1 is 1.29 bits per heavy atom. The number of halogens is 2. The second kappa shape index (κ2) is 5.13. The molecule has 0 saturated carbocycles. The van der Waals surface area contributed by atoms with Crippen molar-refractivity contribution in [3.8, 4) is 0 Å². The molecule has 2 rings (SSSR count). The molecule has 0 unspecified atom stereocenters. The minimum atomic E-state index is -4.36. The van der Waals surface area contributed by atoms with Gasteiger partial charge in [0, 0.05) is 13.1 Å². The lowest BCUT2D eigenvalue weighted by Gasteiger charge is -2.09. The van der Waals surface area contributed by atoms with Crippen LogP contribution in [-0.4, -0.2) is 29.3 Å². The first-order chi connectivity index (χ1) is 9.70. The maximum atomic E-state index is 13.1. The Balaban J connectivity index is 2.47. The molecule has 2 N–H and O–H groups in total. The second-order valence-corrected chi connectivity index (χ2v) is 5.73. The molecule has 0 saturated heterocycles. The van der Waals surface area contributed by atoms with Gasteiger partial charge in [0.25, 0.3) is 10.0 Å². The van der Waals surface area contributed by atoms with E-state index in [0.29, 0.717) is 18.2 Å². The van der Waals surface area contributed by atoms with Crippen molar-refractivity contribution in [3.05, 3.63) is 41.6 Å². The van der Waals surface area contributed by atoms with Gasteiger partial charge in [-0.1, -0.05) is 0 Å². The van der Waals surface area contributed by atoms with Gasteiger partial charge in [-0.05, 0) is 12.1 Å². The van der Waals surface area contributed by atoms with E-state index in [0.717, 1.165) is 10.9 Å². The summed E-state index contributed by atoms with van der Waals surface area (Å²) in [4.78, 5) is 10.3. The van der Waals surface area contributed by atoms with E-state index in [9.17, 15) is 22.0 Å². The molecule has 2 aromatic rings. The number of hydrogen-bond donors (Lipinski definition) is 2. The van der Waals surface area contributed by atoms with E-state index in [1.54, 1.807) is 0 Å². The summed E-state index contributed by atoms with van der Waals surface area (Å²) in [6, 6.07) is 1.75. The summed E-state index contributed by atoms with van der Waals surface area (Å²) in [5.41, 5.74) is -0.391. The highest BCUT2D eigenvalue weighted by Crippen LogP contribution is 2.20. The number of rotatable bonds is 4. The second-order valence-electron chi connectivity index (χ2n) is 4.05. The zero-order valence-corrected chi connectivity index (χ0v) is 11.4. The highest BCUT2D eigenvalue weighted by Gasteiger charge is 2.23. The smallest absolute Gasteiger partial charge is 0.341 e. The molecule has 1 aromatic heterocycles. The molecule has 0 amide bonds. The van der Waals surface area contributed by atoms with E-state index in [1.165, 1.54) is 7.05 Å². The van der Waals surface area contributed by atoms with Crippen molar-refractivity contribution >= 4 is 21.8 Å². The van der Waals surface area contributed by atoms with Gasteiger partial charge in [0.15, 0.2) is 5.82 Å². The zero-order valence-electron chi connectivity index (χ0n) is 10.5. The average molecular weight is 317 g/mol. The quantitative estimate of drug-likeness (QED) is 0.882. The van der Waals surface area contributed by atoms with Crippen LogP contribution in [0.1, 0.15) is 10.4 Å². The van der Waals surface area contributed by atoms with E-state index >= 15 is 0 Å². The lowest BCUT2D eigenvalue weighted by atomic mass is 10.3. The average Bonchev–Trinajstić information content (AvgIpc) is 2.69. The Morgan fingerprint density at radius 3 is 2.38 bits per heavy atom. The highest BCUT2D eigenvalue weighted by molar-refractivity contribution is 7.92. The normalized spacial score (nSPS) is 11.4. The third-order valence-corrected chi connectivity index (χ3v) is 3.86. The Kier molecular flexibility index (Phi) is 3.64. The monoisotopic (exact) mass is 317 g/mol. The molecule has 1 heterocycles. The number of nitrogens with zero attached hydrogens (tertiary/aromatic N) is 2. The summed E-state index contributed by atoms with van der Waals surface area (Å²) >= 11 is 0. The molecule has 0 bridgehead atoms. The van der Waals surface area contributed by atoms with Crippen LogP contribution >= 0.6 is 0 Å². The van der Waals surface area contributed by atoms with Crippen molar-refractivity contribution < 1.29 is 27.1 Å². The largest absolute Gasteiger partial charge is 0.477 e. The summed E-state index contributed by atoms with van der Waals surface area (Å²) in [7, 11) is -3.04. The minimum absolute atomic E-state index is 0.327. The van der Waals surface area contributed by atoms with Crippen molar-refractivity contribution in [2.75, 3.05) is 4.72 Å². The topological polar surface area (TPSA) is 101 Å². The zero-order chi connectivity index (χ0) is 15.8. The summed E-state index contributed by atoms with van der Waals surface area (Å²) in [5.74, 6) is -3.86. The van der Waals surface area contributed by atoms with Crippen LogP contribution in [-0.2, 0) is 17.1 Å². The summed E-state index contributed by atoms with van der Waals surface area (Å²) < 4.78 is 53.2. The molecular weight excluding hydrogens is 308 g/mol. The third kappa shape index (κ3) is 2.99. The van der Waals surface area contributed by atoms with E-state index < -0.39 is 38.1 Å². The van der Waals surface area contributed by atoms with Gasteiger partial charge in [0.1, 0.15) is 17.2 Å². The first-order valence-electron chi connectivity index (χ1n) is 5.45. The van der Waals surface area contributed by atoms with Gasteiger partial charge in [0.2, 0.25) is 0 Å². The number of aromatic carboxylic acids is 1. The third-order valence-electron chi connectivity index (χ3n) is 2.55. The van der Waals surface area contributed by atoms with E-state index in [-0.39, 0.29) is 5.82 Å². The Bertz CT molecular complexity index is 797. The molecule has 7 nitrogen and oxygen atoms in total. The Labute approximate surface area is 117 Å². The molecule has 0 aliphatic rings. The first-order valence-corrected chi connectivity index (χ1v) is 6.93. The van der Waals surface area contributed by atoms with Crippen LogP contribution in [0, 0.1) is 11.6 Å². The van der Waals surface area contributed by atoms with Crippen molar-refractivity contribution in [1.82, 2.24) is 9.78 Å². The molecule has 0 fully saturated rings. The van der Waals surface area contributed by atoms with Crippen molar-refractivity contribution in [2.45, 2.75) is 4.90 Å². The van der Waals surface area contributed by atoms with Crippen LogP contribution < -0.4 is 4.72 Å². The summed E-state index contributed by atoms with van der Waals surface area (Å²) in [6.07, 6.45) is 0.951. The first kappa shape index (κ1) is 14.9. The van der Waals surface area contributed by atoms with Gasteiger partial charge in [-0.25, -0.2) is 22.0 Å². The number of aromatic nitrogens is 2. The van der Waals surface area contributed by atoms with E-state index in [2.05, 4.69) is 5.10 Å². The molecule has 21 heavy (non-hydrogen) atoms. The van der Waals surface area contributed by atoms with Crippen LogP contribution in [0.3, 0.4) is 0 Å². The maximum Gasteiger partial charge on any atom is 0.341 e. The highest BCUT2D eigenvalue weighted by atomic mass is 32.2. The lowest BCUT2D eigenvalue weighted by Crippen LogP contribution is -2.18. The Morgan fingerprint density at radius 2 is 1.86 bits per heavy atom. The number of benzene rings is 1. The Hall–Kier alpha value is -2.49. The van der Waals surface area contributed by atoms with Gasteiger partial charge in [-0.15, -0.1) is 0 Å². The van der Waals surface area contributed by atoms with Crippen LogP contribution in [0.15, 0.2) is 29.3 Å². The van der Waals surface area contributed by atoms with Crippen molar-refractivity contribution in [3.63, 3.8) is 0 Å². The van der Waals surface area contributed by atoms with Crippen LogP contribution in [0.5, 0.6) is 0 Å². The number of sulfonamides is 1. The molecule has 10 heteroatoms. The van der Waals surface area contributed by atoms with Gasteiger partial charge in [0.05, 0.1) is 11.1 Å². The van der Waals surface area contributed by atoms with Crippen molar-refractivity contribution in [2.24, 2.45) is 7.05 Å². The van der Waals surface area contributed by atoms with E-state index in [4.69, 9.17) is 5.11 Å². The standard InChI is InChI=1S/C11H9F2N3O4S/c1-16-10(9(5-14-16)11(17)18)15-21(19,20)8-3-6(12)2-7(13)4-8/h2-5,15H,1H3,(H,17,18). The summed E-state index contributed by atoms with van der Waals surface area (Å²) in [5, 5.41) is 12.5. The summed E-state index contributed by atoms with van der Waals surface area (Å²) in [6.45, 7) is 0. The van der Waals surface area contributed by atoms with Crippen LogP contribution in [0.25, 0.3) is 0 Å². The lowest BCUT2D eigenvalue weighted by molar-refractivity contribution is 0.0698. The van der Waals surface area contributed by atoms with Crippen LogP contribution in [0.2, 0.25) is 0 Å². The number of nitrogens with one attached hydrogen (secondary N) is 1. The molecule has 0 atom stereocenters. The number of carbonyl (C=O) groups is 1. The fourth-order valence-corrected chi connectivity index (χ4v) is 2.73. The number of carboxylic acid groups (broad SMARTS) is 1. The molecular formula is C11H9F2N3O4S. The predicted molar refractivity (Wildman–Crippen MR) is 67.3 cm³/mol.